The summed E-state index contributed by atoms with van der Waals surface area (Å²) in [7, 11) is 1.78. The zero-order valence-electron chi connectivity index (χ0n) is 32.0. The van der Waals surface area contributed by atoms with Gasteiger partial charge in [-0.2, -0.15) is 0 Å². The number of carbonyl (C=O) groups excluding carboxylic acids is 2. The van der Waals surface area contributed by atoms with E-state index in [1.807, 2.05) is 17.1 Å². The summed E-state index contributed by atoms with van der Waals surface area (Å²) in [5.41, 5.74) is 4.89. The molecule has 0 bridgehead atoms. The van der Waals surface area contributed by atoms with Gasteiger partial charge in [0.15, 0.2) is 5.01 Å². The first-order valence-electron chi connectivity index (χ1n) is 19.3. The Kier molecular flexibility index (Phi) is 14.3. The van der Waals surface area contributed by atoms with Crippen LogP contribution in [0.15, 0.2) is 47.9 Å². The Morgan fingerprint density at radius 3 is 2.80 bits per heavy atom. The van der Waals surface area contributed by atoms with E-state index in [9.17, 15) is 19.8 Å². The van der Waals surface area contributed by atoms with Gasteiger partial charge in [-0.15, -0.1) is 11.3 Å². The normalized spacial score (nSPS) is 16.9. The number of nitrogens with one attached hydrogen (secondary N) is 2. The maximum atomic E-state index is 13.2. The van der Waals surface area contributed by atoms with E-state index in [0.29, 0.717) is 81.9 Å². The number of hydrogen-bond acceptors (Lipinski definition) is 11. The number of morpholine rings is 1. The minimum Gasteiger partial charge on any atom is -0.506 e. The van der Waals surface area contributed by atoms with Gasteiger partial charge in [0.1, 0.15) is 11.4 Å². The number of hydrogen-bond donors (Lipinski definition) is 4. The van der Waals surface area contributed by atoms with Crippen LogP contribution in [-0.4, -0.2) is 133 Å². The lowest BCUT2D eigenvalue weighted by molar-refractivity contribution is -0.131. The Balaban J connectivity index is 0.833. The van der Waals surface area contributed by atoms with E-state index in [1.54, 1.807) is 36.4 Å². The highest BCUT2D eigenvalue weighted by Crippen LogP contribution is 2.36. The SMILES string of the molecule is CC#Cc1nc(C(=O)N2CCOC3(CCN(CCc4cccc(CCOCCC(=O)N(C)CCNC[C@H](O)c5ccc(O)c6c5C=CCN6)c4)CC3)C2)cs1. The van der Waals surface area contributed by atoms with Crippen LogP contribution in [0.4, 0.5) is 5.69 Å². The smallest absolute Gasteiger partial charge is 0.273 e. The van der Waals surface area contributed by atoms with Crippen molar-refractivity contribution in [3.05, 3.63) is 80.8 Å². The van der Waals surface area contributed by atoms with Crippen LogP contribution in [0.25, 0.3) is 6.08 Å². The zero-order valence-corrected chi connectivity index (χ0v) is 32.8. The molecule has 0 saturated carbocycles. The number of benzene rings is 2. The quantitative estimate of drug-likeness (QED) is 0.0963. The summed E-state index contributed by atoms with van der Waals surface area (Å²) in [6, 6.07) is 12.0. The minimum absolute atomic E-state index is 0.0185. The number of carbonyl (C=O) groups is 2. The summed E-state index contributed by atoms with van der Waals surface area (Å²) in [6.45, 7) is 9.31. The maximum Gasteiger partial charge on any atom is 0.273 e. The second kappa shape index (κ2) is 19.5. The number of phenolic OH excluding ortho intramolecular Hbond substituents is 1. The summed E-state index contributed by atoms with van der Waals surface area (Å²) in [6.07, 6.45) is 6.99. The van der Waals surface area contributed by atoms with Crippen molar-refractivity contribution in [3.63, 3.8) is 0 Å². The van der Waals surface area contributed by atoms with Crippen LogP contribution < -0.4 is 10.6 Å². The van der Waals surface area contributed by atoms with Gasteiger partial charge < -0.3 is 45.0 Å². The van der Waals surface area contributed by atoms with Crippen molar-refractivity contribution >= 4 is 34.9 Å². The third-order valence-electron chi connectivity index (χ3n) is 10.6. The van der Waals surface area contributed by atoms with E-state index in [1.165, 1.54) is 22.5 Å². The van der Waals surface area contributed by atoms with Crippen molar-refractivity contribution in [1.82, 2.24) is 25.0 Å². The number of aromatic hydroxyl groups is 1. The van der Waals surface area contributed by atoms with Crippen molar-refractivity contribution in [3.8, 4) is 17.6 Å². The minimum atomic E-state index is -0.743. The average Bonchev–Trinajstić information content (AvgIpc) is 3.68. The molecule has 1 atom stereocenters. The standard InChI is InChI=1S/C42H54N6O6S/c1-3-6-38-45-35(29-55-38)41(52)48-23-26-54-42(30-48)15-20-47(21-16-42)19-12-31-7-4-8-32(27-31)13-24-53-25-14-39(51)46(2)22-18-43-28-37(50)33-10-11-36(49)40-34(33)9-5-17-44-40/h4-5,7-11,27,29,37,43-44,49-50H,12-26,28,30H2,1-2H3/t37-/m0/s1. The summed E-state index contributed by atoms with van der Waals surface area (Å²) < 4.78 is 12.2. The fourth-order valence-corrected chi connectivity index (χ4v) is 8.10. The largest absolute Gasteiger partial charge is 0.506 e. The Labute approximate surface area is 328 Å². The van der Waals surface area contributed by atoms with Gasteiger partial charge in [-0.05, 0) is 61.3 Å². The molecular weight excluding hydrogens is 717 g/mol. The lowest BCUT2D eigenvalue weighted by Gasteiger charge is -2.47. The van der Waals surface area contributed by atoms with Crippen molar-refractivity contribution in [2.75, 3.05) is 91.1 Å². The number of rotatable bonds is 16. The molecule has 12 nitrogen and oxygen atoms in total. The molecule has 0 radical (unpaired) electrons. The van der Waals surface area contributed by atoms with Crippen LogP contribution in [0.3, 0.4) is 0 Å². The van der Waals surface area contributed by atoms with Gasteiger partial charge in [-0.3, -0.25) is 9.59 Å². The Bertz CT molecular complexity index is 1860. The first-order valence-corrected chi connectivity index (χ1v) is 20.2. The molecule has 2 aromatic carbocycles. The molecule has 2 saturated heterocycles. The van der Waals surface area contributed by atoms with Gasteiger partial charge in [-0.1, -0.05) is 48.4 Å². The highest BCUT2D eigenvalue weighted by atomic mass is 32.1. The second-order valence-electron chi connectivity index (χ2n) is 14.5. The summed E-state index contributed by atoms with van der Waals surface area (Å²) in [4.78, 5) is 36.3. The van der Waals surface area contributed by atoms with E-state index in [-0.39, 0.29) is 23.2 Å². The van der Waals surface area contributed by atoms with Gasteiger partial charge in [0.25, 0.3) is 5.91 Å². The van der Waals surface area contributed by atoms with Gasteiger partial charge in [0, 0.05) is 70.3 Å². The second-order valence-corrected chi connectivity index (χ2v) is 15.3. The van der Waals surface area contributed by atoms with E-state index in [2.05, 4.69) is 56.6 Å². The van der Waals surface area contributed by atoms with E-state index < -0.39 is 6.10 Å². The van der Waals surface area contributed by atoms with Crippen molar-refractivity contribution in [2.45, 2.75) is 50.7 Å². The molecule has 0 aliphatic carbocycles. The number of fused-ring (bicyclic) bond motifs is 1. The number of thiazole rings is 1. The number of aromatic nitrogens is 1. The first kappa shape index (κ1) is 40.4. The maximum absolute atomic E-state index is 13.2. The van der Waals surface area contributed by atoms with Gasteiger partial charge in [0.05, 0.1) is 50.2 Å². The number of anilines is 1. The number of nitrogens with zero attached hydrogens (tertiary/aromatic N) is 4. The van der Waals surface area contributed by atoms with Gasteiger partial charge in [-0.25, -0.2) is 4.98 Å². The summed E-state index contributed by atoms with van der Waals surface area (Å²) >= 11 is 1.41. The average molecular weight is 771 g/mol. The number of phenols is 1. The first-order chi connectivity index (χ1) is 26.7. The van der Waals surface area contributed by atoms with Gasteiger partial charge in [0.2, 0.25) is 5.91 Å². The molecule has 0 unspecified atom stereocenters. The fraction of sp³-hybridized carbons (Fsp3) is 0.500. The molecule has 3 aliphatic heterocycles. The number of aliphatic hydroxyl groups is 1. The Hall–Kier alpha value is -4.29. The number of piperidine rings is 1. The molecular formula is C42H54N6O6S. The summed E-state index contributed by atoms with van der Waals surface area (Å²) in [5.74, 6) is 5.94. The molecule has 4 N–H and O–H groups in total. The number of likely N-dealkylation sites (N-methyl/N-ethyl adjacent to an activating group) is 1. The molecule has 3 aromatic rings. The van der Waals surface area contributed by atoms with Gasteiger partial charge >= 0.3 is 0 Å². The third-order valence-corrected chi connectivity index (χ3v) is 11.4. The van der Waals surface area contributed by atoms with Crippen LogP contribution >= 0.6 is 11.3 Å². The predicted molar refractivity (Wildman–Crippen MR) is 215 cm³/mol. The highest BCUT2D eigenvalue weighted by Gasteiger charge is 2.41. The molecule has 294 valence electrons. The number of likely N-dealkylation sites (tertiary alicyclic amines) is 1. The molecule has 6 rings (SSSR count). The van der Waals surface area contributed by atoms with Crippen LogP contribution in [0, 0.1) is 11.8 Å². The Morgan fingerprint density at radius 2 is 1.98 bits per heavy atom. The van der Waals surface area contributed by atoms with Crippen LogP contribution in [0.5, 0.6) is 5.75 Å². The molecule has 4 heterocycles. The van der Waals surface area contributed by atoms with Crippen molar-refractivity contribution in [1.29, 1.82) is 0 Å². The monoisotopic (exact) mass is 770 g/mol. The fourth-order valence-electron chi connectivity index (χ4n) is 7.41. The van der Waals surface area contributed by atoms with Crippen molar-refractivity contribution < 1.29 is 29.3 Å². The zero-order chi connectivity index (χ0) is 38.6. The van der Waals surface area contributed by atoms with Crippen molar-refractivity contribution in [2.24, 2.45) is 0 Å². The highest BCUT2D eigenvalue weighted by molar-refractivity contribution is 7.10. The topological polar surface area (TPSA) is 140 Å². The molecule has 1 spiro atoms. The predicted octanol–water partition coefficient (Wildman–Crippen LogP) is 3.94. The third kappa shape index (κ3) is 10.9. The molecule has 2 fully saturated rings. The summed E-state index contributed by atoms with van der Waals surface area (Å²) in [5, 5.41) is 29.7. The molecule has 2 amide bonds. The molecule has 3 aliphatic rings. The van der Waals surface area contributed by atoms with Crippen LogP contribution in [0.2, 0.25) is 0 Å². The number of ether oxygens (including phenoxy) is 2. The van der Waals surface area contributed by atoms with Crippen LogP contribution in [-0.2, 0) is 27.1 Å². The van der Waals surface area contributed by atoms with Crippen LogP contribution in [0.1, 0.15) is 70.0 Å². The lowest BCUT2D eigenvalue weighted by atomic mass is 9.89. The molecule has 55 heavy (non-hydrogen) atoms. The van der Waals surface area contributed by atoms with E-state index in [0.717, 1.165) is 56.4 Å². The van der Waals surface area contributed by atoms with E-state index >= 15 is 0 Å². The molecule has 1 aromatic heterocycles. The Morgan fingerprint density at radius 1 is 1.16 bits per heavy atom. The lowest BCUT2D eigenvalue weighted by Crippen LogP contribution is -2.58. The number of aliphatic hydroxyl groups excluding tert-OH is 1. The molecule has 13 heteroatoms. The number of amides is 2. The van der Waals surface area contributed by atoms with E-state index in [4.69, 9.17) is 9.47 Å².